The number of anilines is 1. The normalized spacial score (nSPS) is 10.1. The summed E-state index contributed by atoms with van der Waals surface area (Å²) >= 11 is 5.73. The SMILES string of the molecule is Cc1ccc(F)cc1NC(=O)COC(=O)COc1ccc(Cl)cc1. The van der Waals surface area contributed by atoms with Crippen molar-refractivity contribution in [3.05, 3.63) is 58.9 Å². The van der Waals surface area contributed by atoms with Gasteiger partial charge in [0.05, 0.1) is 0 Å². The van der Waals surface area contributed by atoms with Gasteiger partial charge in [0.1, 0.15) is 11.6 Å². The van der Waals surface area contributed by atoms with E-state index in [4.69, 9.17) is 21.1 Å². The van der Waals surface area contributed by atoms with E-state index in [1.165, 1.54) is 18.2 Å². The lowest BCUT2D eigenvalue weighted by molar-refractivity contribution is -0.149. The molecule has 0 radical (unpaired) electrons. The molecule has 0 aromatic heterocycles. The highest BCUT2D eigenvalue weighted by Gasteiger charge is 2.10. The number of halogens is 2. The van der Waals surface area contributed by atoms with E-state index >= 15 is 0 Å². The number of aryl methyl sites for hydroxylation is 1. The fourth-order valence-electron chi connectivity index (χ4n) is 1.78. The zero-order chi connectivity index (χ0) is 17.5. The minimum Gasteiger partial charge on any atom is -0.482 e. The predicted molar refractivity (Wildman–Crippen MR) is 87.7 cm³/mol. The Morgan fingerprint density at radius 3 is 2.54 bits per heavy atom. The molecule has 2 rings (SSSR count). The Morgan fingerprint density at radius 2 is 1.83 bits per heavy atom. The van der Waals surface area contributed by atoms with Crippen LogP contribution in [0, 0.1) is 12.7 Å². The van der Waals surface area contributed by atoms with Crippen LogP contribution in [0.5, 0.6) is 5.75 Å². The van der Waals surface area contributed by atoms with Crippen molar-refractivity contribution in [2.45, 2.75) is 6.92 Å². The Kier molecular flexibility index (Phi) is 6.14. The van der Waals surface area contributed by atoms with Gasteiger partial charge in [-0.05, 0) is 48.9 Å². The van der Waals surface area contributed by atoms with E-state index < -0.39 is 24.3 Å². The van der Waals surface area contributed by atoms with Crippen molar-refractivity contribution in [3.63, 3.8) is 0 Å². The first-order valence-electron chi connectivity index (χ1n) is 7.04. The van der Waals surface area contributed by atoms with E-state index in [0.29, 0.717) is 22.0 Å². The molecule has 0 aliphatic heterocycles. The van der Waals surface area contributed by atoms with Crippen LogP contribution in [0.2, 0.25) is 5.02 Å². The van der Waals surface area contributed by atoms with E-state index in [2.05, 4.69) is 5.32 Å². The molecule has 7 heteroatoms. The van der Waals surface area contributed by atoms with Gasteiger partial charge in [-0.25, -0.2) is 9.18 Å². The highest BCUT2D eigenvalue weighted by molar-refractivity contribution is 6.30. The summed E-state index contributed by atoms with van der Waals surface area (Å²) in [4.78, 5) is 23.3. The van der Waals surface area contributed by atoms with Gasteiger partial charge in [0.2, 0.25) is 0 Å². The van der Waals surface area contributed by atoms with Gasteiger partial charge in [-0.3, -0.25) is 4.79 Å². The van der Waals surface area contributed by atoms with Crippen molar-refractivity contribution >= 4 is 29.2 Å². The average molecular weight is 352 g/mol. The zero-order valence-corrected chi connectivity index (χ0v) is 13.6. The molecular formula is C17H15ClFNO4. The number of rotatable bonds is 6. The second-order valence-corrected chi connectivity index (χ2v) is 5.35. The first-order valence-corrected chi connectivity index (χ1v) is 7.42. The van der Waals surface area contributed by atoms with Crippen LogP contribution < -0.4 is 10.1 Å². The van der Waals surface area contributed by atoms with Crippen LogP contribution in [0.1, 0.15) is 5.56 Å². The maximum atomic E-state index is 13.1. The first-order chi connectivity index (χ1) is 11.4. The molecule has 0 aliphatic rings. The second-order valence-electron chi connectivity index (χ2n) is 4.91. The van der Waals surface area contributed by atoms with Crippen molar-refractivity contribution in [3.8, 4) is 5.75 Å². The number of carbonyl (C=O) groups excluding carboxylic acids is 2. The van der Waals surface area contributed by atoms with Gasteiger partial charge >= 0.3 is 5.97 Å². The van der Waals surface area contributed by atoms with Crippen LogP contribution in [-0.4, -0.2) is 25.1 Å². The summed E-state index contributed by atoms with van der Waals surface area (Å²) in [7, 11) is 0. The summed E-state index contributed by atoms with van der Waals surface area (Å²) in [6.45, 7) is 0.897. The summed E-state index contributed by atoms with van der Waals surface area (Å²) in [5.41, 5.74) is 1.02. The van der Waals surface area contributed by atoms with Crippen LogP contribution in [0.4, 0.5) is 10.1 Å². The predicted octanol–water partition coefficient (Wildman–Crippen LogP) is 3.35. The molecule has 0 aliphatic carbocycles. The van der Waals surface area contributed by atoms with E-state index in [1.54, 1.807) is 31.2 Å². The highest BCUT2D eigenvalue weighted by atomic mass is 35.5. The van der Waals surface area contributed by atoms with Crippen molar-refractivity contribution in [2.24, 2.45) is 0 Å². The van der Waals surface area contributed by atoms with Crippen LogP contribution in [-0.2, 0) is 14.3 Å². The van der Waals surface area contributed by atoms with Gasteiger partial charge in [-0.2, -0.15) is 0 Å². The van der Waals surface area contributed by atoms with Gasteiger partial charge in [-0.15, -0.1) is 0 Å². The van der Waals surface area contributed by atoms with Gasteiger partial charge in [0, 0.05) is 10.7 Å². The third kappa shape index (κ3) is 5.55. The van der Waals surface area contributed by atoms with Crippen LogP contribution >= 0.6 is 11.6 Å². The first kappa shape index (κ1) is 17.7. The third-order valence-electron chi connectivity index (χ3n) is 3.01. The summed E-state index contributed by atoms with van der Waals surface area (Å²) in [6.07, 6.45) is 0. The second kappa shape index (κ2) is 8.31. The molecule has 0 fully saturated rings. The standard InChI is InChI=1S/C17H15ClFNO4/c1-11-2-5-13(19)8-15(11)20-16(21)9-24-17(22)10-23-14-6-3-12(18)4-7-14/h2-8H,9-10H2,1H3,(H,20,21). The monoisotopic (exact) mass is 351 g/mol. The van der Waals surface area contributed by atoms with Crippen LogP contribution in [0.15, 0.2) is 42.5 Å². The summed E-state index contributed by atoms with van der Waals surface area (Å²) < 4.78 is 23.1. The van der Waals surface area contributed by atoms with E-state index in [9.17, 15) is 14.0 Å². The van der Waals surface area contributed by atoms with Gasteiger partial charge in [0.25, 0.3) is 5.91 Å². The topological polar surface area (TPSA) is 64.6 Å². The number of benzene rings is 2. The molecule has 0 spiro atoms. The van der Waals surface area contributed by atoms with Gasteiger partial charge in [-0.1, -0.05) is 17.7 Å². The molecule has 0 bridgehead atoms. The number of esters is 1. The highest BCUT2D eigenvalue weighted by Crippen LogP contribution is 2.16. The minimum absolute atomic E-state index is 0.327. The average Bonchev–Trinajstić information content (AvgIpc) is 2.56. The lowest BCUT2D eigenvalue weighted by atomic mass is 10.2. The molecule has 126 valence electrons. The molecule has 0 unspecified atom stereocenters. The van der Waals surface area contributed by atoms with Gasteiger partial charge in [0.15, 0.2) is 13.2 Å². The lowest BCUT2D eigenvalue weighted by Crippen LogP contribution is -2.24. The largest absolute Gasteiger partial charge is 0.482 e. The fraction of sp³-hybridized carbons (Fsp3) is 0.176. The smallest absolute Gasteiger partial charge is 0.344 e. The number of nitrogens with one attached hydrogen (secondary N) is 1. The molecule has 0 saturated heterocycles. The lowest BCUT2D eigenvalue weighted by Gasteiger charge is -2.09. The van der Waals surface area contributed by atoms with Crippen molar-refractivity contribution in [1.29, 1.82) is 0 Å². The maximum absolute atomic E-state index is 13.1. The number of carbonyl (C=O) groups is 2. The Balaban J connectivity index is 1.75. The number of amides is 1. The summed E-state index contributed by atoms with van der Waals surface area (Å²) in [5, 5.41) is 3.02. The zero-order valence-electron chi connectivity index (χ0n) is 12.8. The number of hydrogen-bond acceptors (Lipinski definition) is 4. The molecule has 0 heterocycles. The Bertz CT molecular complexity index is 734. The molecule has 0 saturated carbocycles. The Labute approximate surface area is 143 Å². The Hall–Kier alpha value is -2.60. The molecule has 2 aromatic rings. The van der Waals surface area contributed by atoms with Crippen molar-refractivity contribution < 1.29 is 23.5 Å². The molecule has 2 aromatic carbocycles. The van der Waals surface area contributed by atoms with Crippen LogP contribution in [0.3, 0.4) is 0 Å². The van der Waals surface area contributed by atoms with E-state index in [-0.39, 0.29) is 6.61 Å². The molecule has 1 N–H and O–H groups in total. The van der Waals surface area contributed by atoms with Crippen molar-refractivity contribution in [2.75, 3.05) is 18.5 Å². The summed E-state index contributed by atoms with van der Waals surface area (Å²) in [6, 6.07) is 10.5. The van der Waals surface area contributed by atoms with Gasteiger partial charge < -0.3 is 14.8 Å². The quantitative estimate of drug-likeness (QED) is 0.811. The molecular weight excluding hydrogens is 337 g/mol. The fourth-order valence-corrected chi connectivity index (χ4v) is 1.90. The number of hydrogen-bond donors (Lipinski definition) is 1. The third-order valence-corrected chi connectivity index (χ3v) is 3.26. The molecule has 24 heavy (non-hydrogen) atoms. The van der Waals surface area contributed by atoms with Crippen LogP contribution in [0.25, 0.3) is 0 Å². The Morgan fingerprint density at radius 1 is 1.12 bits per heavy atom. The maximum Gasteiger partial charge on any atom is 0.344 e. The molecule has 5 nitrogen and oxygen atoms in total. The van der Waals surface area contributed by atoms with E-state index in [1.807, 2.05) is 0 Å². The minimum atomic E-state index is -0.698. The van der Waals surface area contributed by atoms with E-state index in [0.717, 1.165) is 0 Å². The molecule has 0 atom stereocenters. The van der Waals surface area contributed by atoms with Crippen molar-refractivity contribution in [1.82, 2.24) is 0 Å². The molecule has 1 amide bonds. The number of ether oxygens (including phenoxy) is 2. The summed E-state index contributed by atoms with van der Waals surface area (Å²) in [5.74, 6) is -1.28.